The standard InChI is InChI=1S/C13H18ClN3O.ClH/c14-11-5-12(16-8-11)13(18)17-3-1-9-6-15-7-10(9)2-4-17;/h5,8-10,15-16H,1-4,6-7H2;1H/t9-,10+;. The number of carbonyl (C=O) groups excluding carboxylic acids is 1. The largest absolute Gasteiger partial charge is 0.356 e. The van der Waals surface area contributed by atoms with Crippen LogP contribution < -0.4 is 5.32 Å². The van der Waals surface area contributed by atoms with Crippen molar-refractivity contribution in [3.8, 4) is 0 Å². The predicted octanol–water partition coefficient (Wildman–Crippen LogP) is 2.16. The maximum absolute atomic E-state index is 12.3. The smallest absolute Gasteiger partial charge is 0.270 e. The third-order valence-electron chi connectivity index (χ3n) is 4.18. The van der Waals surface area contributed by atoms with E-state index in [1.165, 1.54) is 0 Å². The van der Waals surface area contributed by atoms with Crippen LogP contribution in [0.15, 0.2) is 12.3 Å². The second kappa shape index (κ2) is 6.16. The average molecular weight is 304 g/mol. The molecule has 2 N–H and O–H groups in total. The Morgan fingerprint density at radius 3 is 2.42 bits per heavy atom. The van der Waals surface area contributed by atoms with E-state index >= 15 is 0 Å². The van der Waals surface area contributed by atoms with Gasteiger partial charge in [-0.25, -0.2) is 0 Å². The molecule has 0 aromatic carbocycles. The number of carbonyl (C=O) groups is 1. The number of aromatic nitrogens is 1. The zero-order chi connectivity index (χ0) is 12.5. The minimum atomic E-state index is 0. The Bertz CT molecular complexity index is 435. The molecule has 2 saturated heterocycles. The Kier molecular flexibility index (Phi) is 4.76. The van der Waals surface area contributed by atoms with Gasteiger partial charge in [-0.1, -0.05) is 11.6 Å². The van der Waals surface area contributed by atoms with Gasteiger partial charge in [-0.15, -0.1) is 12.4 Å². The van der Waals surface area contributed by atoms with Gasteiger partial charge in [0.1, 0.15) is 5.69 Å². The number of aromatic amines is 1. The van der Waals surface area contributed by atoms with E-state index in [-0.39, 0.29) is 18.3 Å². The van der Waals surface area contributed by atoms with Gasteiger partial charge in [0.05, 0.1) is 5.02 Å². The fourth-order valence-electron chi connectivity index (χ4n) is 3.08. The summed E-state index contributed by atoms with van der Waals surface area (Å²) >= 11 is 5.84. The molecule has 0 saturated carbocycles. The minimum absolute atomic E-state index is 0. The van der Waals surface area contributed by atoms with Crippen LogP contribution in [-0.2, 0) is 0 Å². The third kappa shape index (κ3) is 3.07. The first-order valence-corrected chi connectivity index (χ1v) is 6.96. The molecule has 4 nitrogen and oxygen atoms in total. The van der Waals surface area contributed by atoms with Crippen molar-refractivity contribution < 1.29 is 4.79 Å². The van der Waals surface area contributed by atoms with Crippen LogP contribution in [0.5, 0.6) is 0 Å². The first kappa shape index (κ1) is 14.7. The zero-order valence-electron chi connectivity index (χ0n) is 10.7. The van der Waals surface area contributed by atoms with E-state index in [1.54, 1.807) is 12.3 Å². The molecule has 6 heteroatoms. The molecule has 1 aromatic rings. The second-order valence-corrected chi connectivity index (χ2v) is 5.72. The highest BCUT2D eigenvalue weighted by atomic mass is 35.5. The van der Waals surface area contributed by atoms with Gasteiger partial charge in [-0.3, -0.25) is 4.79 Å². The summed E-state index contributed by atoms with van der Waals surface area (Å²) in [5.41, 5.74) is 0.602. The molecular weight excluding hydrogens is 285 g/mol. The molecule has 0 spiro atoms. The van der Waals surface area contributed by atoms with Gasteiger partial charge in [0.15, 0.2) is 0 Å². The number of halogens is 2. The van der Waals surface area contributed by atoms with Crippen molar-refractivity contribution in [2.45, 2.75) is 12.8 Å². The summed E-state index contributed by atoms with van der Waals surface area (Å²) in [4.78, 5) is 17.2. The van der Waals surface area contributed by atoms with Crippen LogP contribution in [0.1, 0.15) is 23.3 Å². The molecule has 0 radical (unpaired) electrons. The maximum atomic E-state index is 12.3. The van der Waals surface area contributed by atoms with Crippen molar-refractivity contribution in [2.75, 3.05) is 26.2 Å². The van der Waals surface area contributed by atoms with Crippen LogP contribution >= 0.6 is 24.0 Å². The number of H-pyrrole nitrogens is 1. The summed E-state index contributed by atoms with van der Waals surface area (Å²) in [7, 11) is 0. The molecule has 0 unspecified atom stereocenters. The van der Waals surface area contributed by atoms with Gasteiger partial charge in [0.25, 0.3) is 5.91 Å². The first-order valence-electron chi connectivity index (χ1n) is 6.58. The number of hydrogen-bond acceptors (Lipinski definition) is 2. The molecule has 19 heavy (non-hydrogen) atoms. The van der Waals surface area contributed by atoms with Gasteiger partial charge < -0.3 is 15.2 Å². The molecular formula is C13H19Cl2N3O. The Labute approximate surface area is 124 Å². The maximum Gasteiger partial charge on any atom is 0.270 e. The molecule has 1 amide bonds. The molecule has 3 rings (SSSR count). The normalized spacial score (nSPS) is 26.5. The SMILES string of the molecule is Cl.O=C(c1cc(Cl)c[nH]1)N1CC[C@@H]2CNC[C@@H]2CC1. The highest BCUT2D eigenvalue weighted by molar-refractivity contribution is 6.30. The van der Waals surface area contributed by atoms with Gasteiger partial charge in [0, 0.05) is 19.3 Å². The van der Waals surface area contributed by atoms with Crippen LogP contribution in [0, 0.1) is 11.8 Å². The Balaban J connectivity index is 0.00000133. The number of likely N-dealkylation sites (tertiary alicyclic amines) is 1. The highest BCUT2D eigenvalue weighted by Gasteiger charge is 2.31. The number of nitrogens with one attached hydrogen (secondary N) is 2. The van der Waals surface area contributed by atoms with Crippen LogP contribution in [-0.4, -0.2) is 42.0 Å². The fourth-order valence-corrected chi connectivity index (χ4v) is 3.25. The number of hydrogen-bond donors (Lipinski definition) is 2. The third-order valence-corrected chi connectivity index (χ3v) is 4.40. The van der Waals surface area contributed by atoms with Gasteiger partial charge >= 0.3 is 0 Å². The molecule has 2 atom stereocenters. The summed E-state index contributed by atoms with van der Waals surface area (Å²) in [6.07, 6.45) is 3.88. The summed E-state index contributed by atoms with van der Waals surface area (Å²) in [5.74, 6) is 1.57. The summed E-state index contributed by atoms with van der Waals surface area (Å²) in [6, 6.07) is 1.71. The number of nitrogens with zero attached hydrogens (tertiary/aromatic N) is 1. The van der Waals surface area contributed by atoms with E-state index in [4.69, 9.17) is 11.6 Å². The second-order valence-electron chi connectivity index (χ2n) is 5.28. The molecule has 2 aliphatic rings. The highest BCUT2D eigenvalue weighted by Crippen LogP contribution is 2.27. The quantitative estimate of drug-likeness (QED) is 0.835. The number of amides is 1. The topological polar surface area (TPSA) is 48.1 Å². The van der Waals surface area contributed by atoms with Crippen LogP contribution in [0.25, 0.3) is 0 Å². The van der Waals surface area contributed by atoms with E-state index in [0.717, 1.165) is 50.9 Å². The molecule has 106 valence electrons. The van der Waals surface area contributed by atoms with Crippen molar-refractivity contribution in [2.24, 2.45) is 11.8 Å². The average Bonchev–Trinajstić information content (AvgIpc) is 2.94. The van der Waals surface area contributed by atoms with Crippen molar-refractivity contribution in [3.63, 3.8) is 0 Å². The van der Waals surface area contributed by atoms with E-state index in [1.807, 2.05) is 4.90 Å². The zero-order valence-corrected chi connectivity index (χ0v) is 12.3. The van der Waals surface area contributed by atoms with E-state index in [9.17, 15) is 4.79 Å². The lowest BCUT2D eigenvalue weighted by atomic mass is 9.92. The van der Waals surface area contributed by atoms with Gasteiger partial charge in [0.2, 0.25) is 0 Å². The van der Waals surface area contributed by atoms with Crippen LogP contribution in [0.2, 0.25) is 5.02 Å². The Morgan fingerprint density at radius 1 is 1.26 bits per heavy atom. The van der Waals surface area contributed by atoms with E-state index < -0.39 is 0 Å². The number of fused-ring (bicyclic) bond motifs is 1. The molecule has 0 bridgehead atoms. The Hall–Kier alpha value is -0.710. The van der Waals surface area contributed by atoms with Crippen molar-refractivity contribution in [3.05, 3.63) is 23.0 Å². The van der Waals surface area contributed by atoms with Crippen LogP contribution in [0.3, 0.4) is 0 Å². The van der Waals surface area contributed by atoms with E-state index in [2.05, 4.69) is 10.3 Å². The molecule has 0 aliphatic carbocycles. The molecule has 2 fully saturated rings. The lowest BCUT2D eigenvalue weighted by Crippen LogP contribution is -2.32. The lowest BCUT2D eigenvalue weighted by molar-refractivity contribution is 0.0753. The van der Waals surface area contributed by atoms with Gasteiger partial charge in [-0.2, -0.15) is 0 Å². The summed E-state index contributed by atoms with van der Waals surface area (Å²) in [6.45, 7) is 3.94. The van der Waals surface area contributed by atoms with Crippen molar-refractivity contribution in [1.82, 2.24) is 15.2 Å². The fraction of sp³-hybridized carbons (Fsp3) is 0.615. The molecule has 2 aliphatic heterocycles. The monoisotopic (exact) mass is 303 g/mol. The first-order chi connectivity index (χ1) is 8.74. The van der Waals surface area contributed by atoms with Crippen molar-refractivity contribution >= 4 is 29.9 Å². The van der Waals surface area contributed by atoms with Crippen molar-refractivity contribution in [1.29, 1.82) is 0 Å². The molecule has 1 aromatic heterocycles. The summed E-state index contributed by atoms with van der Waals surface area (Å²) < 4.78 is 0. The predicted molar refractivity (Wildman–Crippen MR) is 78.0 cm³/mol. The minimum Gasteiger partial charge on any atom is -0.356 e. The molecule has 3 heterocycles. The summed E-state index contributed by atoms with van der Waals surface area (Å²) in [5, 5.41) is 4.04. The Morgan fingerprint density at radius 2 is 1.89 bits per heavy atom. The van der Waals surface area contributed by atoms with Crippen LogP contribution in [0.4, 0.5) is 0 Å². The van der Waals surface area contributed by atoms with Gasteiger partial charge in [-0.05, 0) is 43.8 Å². The lowest BCUT2D eigenvalue weighted by Gasteiger charge is -2.20. The number of rotatable bonds is 1. The van der Waals surface area contributed by atoms with E-state index in [0.29, 0.717) is 10.7 Å².